The van der Waals surface area contributed by atoms with E-state index in [2.05, 4.69) is 0 Å². The molecule has 4 nitrogen and oxygen atoms in total. The van der Waals surface area contributed by atoms with Crippen molar-refractivity contribution in [1.29, 1.82) is 5.26 Å². The molecule has 0 unspecified atom stereocenters. The Morgan fingerprint density at radius 1 is 1.15 bits per heavy atom. The van der Waals surface area contributed by atoms with E-state index >= 15 is 0 Å². The van der Waals surface area contributed by atoms with Crippen LogP contribution in [0.2, 0.25) is 0 Å². The molecule has 0 aliphatic rings. The highest BCUT2D eigenvalue weighted by atomic mass is 32.2. The molecule has 0 saturated heterocycles. The van der Waals surface area contributed by atoms with Crippen LogP contribution in [0, 0.1) is 33.1 Å². The minimum Gasteiger partial charge on any atom is -0.258 e. The summed E-state index contributed by atoms with van der Waals surface area (Å²) in [5, 5.41) is 19.7. The van der Waals surface area contributed by atoms with Gasteiger partial charge in [0.2, 0.25) is 0 Å². The van der Waals surface area contributed by atoms with Crippen LogP contribution in [-0.4, -0.2) is 4.92 Å². The summed E-state index contributed by atoms with van der Waals surface area (Å²) >= 11 is 0.773. The zero-order valence-electron chi connectivity index (χ0n) is 9.84. The minimum atomic E-state index is -0.813. The van der Waals surface area contributed by atoms with Gasteiger partial charge in [-0.3, -0.25) is 10.1 Å². The number of rotatable bonds is 3. The average Bonchev–Trinajstić information content (AvgIpc) is 2.41. The summed E-state index contributed by atoms with van der Waals surface area (Å²) in [6.07, 6.45) is 0. The standard InChI is InChI=1S/C13H6F2N2O2S/c14-9-2-4-12(10(15)6-9)20-13-5-8(7-16)1-3-11(13)17(18)19/h1-6H. The van der Waals surface area contributed by atoms with Crippen LogP contribution in [0.5, 0.6) is 0 Å². The molecule has 2 aromatic carbocycles. The van der Waals surface area contributed by atoms with Gasteiger partial charge in [0, 0.05) is 17.0 Å². The summed E-state index contributed by atoms with van der Waals surface area (Å²) in [7, 11) is 0. The maximum absolute atomic E-state index is 13.6. The first-order chi connectivity index (χ1) is 9.51. The molecule has 2 aromatic rings. The van der Waals surface area contributed by atoms with Gasteiger partial charge in [-0.25, -0.2) is 8.78 Å². The van der Waals surface area contributed by atoms with Crippen molar-refractivity contribution in [2.24, 2.45) is 0 Å². The van der Waals surface area contributed by atoms with E-state index in [1.54, 1.807) is 0 Å². The Balaban J connectivity index is 2.46. The van der Waals surface area contributed by atoms with E-state index in [4.69, 9.17) is 5.26 Å². The Kier molecular flexibility index (Phi) is 3.96. The lowest BCUT2D eigenvalue weighted by Gasteiger charge is -2.04. The lowest BCUT2D eigenvalue weighted by atomic mass is 10.2. The van der Waals surface area contributed by atoms with Gasteiger partial charge < -0.3 is 0 Å². The molecule has 0 aromatic heterocycles. The maximum Gasteiger partial charge on any atom is 0.283 e. The van der Waals surface area contributed by atoms with Gasteiger partial charge in [-0.05, 0) is 24.3 Å². The summed E-state index contributed by atoms with van der Waals surface area (Å²) in [5.74, 6) is -1.54. The summed E-state index contributed by atoms with van der Waals surface area (Å²) in [4.78, 5) is 10.5. The number of halogens is 2. The van der Waals surface area contributed by atoms with Crippen molar-refractivity contribution in [2.45, 2.75) is 9.79 Å². The van der Waals surface area contributed by atoms with Crippen LogP contribution in [0.1, 0.15) is 5.56 Å². The SMILES string of the molecule is N#Cc1ccc([N+](=O)[O-])c(Sc2ccc(F)cc2F)c1. The van der Waals surface area contributed by atoms with Crippen molar-refractivity contribution in [3.8, 4) is 6.07 Å². The quantitative estimate of drug-likeness (QED) is 0.635. The Morgan fingerprint density at radius 2 is 1.90 bits per heavy atom. The van der Waals surface area contributed by atoms with Crippen LogP contribution >= 0.6 is 11.8 Å². The highest BCUT2D eigenvalue weighted by Crippen LogP contribution is 2.36. The molecule has 2 rings (SSSR count). The Morgan fingerprint density at radius 3 is 2.50 bits per heavy atom. The van der Waals surface area contributed by atoms with Crippen LogP contribution in [0.25, 0.3) is 0 Å². The molecule has 0 amide bonds. The summed E-state index contributed by atoms with van der Waals surface area (Å²) in [6, 6.07) is 8.59. The Labute approximate surface area is 116 Å². The molecular weight excluding hydrogens is 286 g/mol. The fourth-order valence-corrected chi connectivity index (χ4v) is 2.46. The molecule has 0 saturated carbocycles. The second-order valence-electron chi connectivity index (χ2n) is 3.73. The van der Waals surface area contributed by atoms with E-state index in [-0.39, 0.29) is 21.0 Å². The second kappa shape index (κ2) is 5.67. The van der Waals surface area contributed by atoms with Gasteiger partial charge >= 0.3 is 0 Å². The molecule has 100 valence electrons. The number of nitriles is 1. The van der Waals surface area contributed by atoms with Gasteiger partial charge in [-0.1, -0.05) is 11.8 Å². The molecule has 7 heteroatoms. The van der Waals surface area contributed by atoms with Gasteiger partial charge in [-0.2, -0.15) is 5.26 Å². The molecule has 0 spiro atoms. The number of hydrogen-bond acceptors (Lipinski definition) is 4. The van der Waals surface area contributed by atoms with Crippen LogP contribution in [0.3, 0.4) is 0 Å². The van der Waals surface area contributed by atoms with Crippen molar-refractivity contribution >= 4 is 17.4 Å². The summed E-state index contributed by atoms with van der Waals surface area (Å²) in [6.45, 7) is 0. The van der Waals surface area contributed by atoms with E-state index in [9.17, 15) is 18.9 Å². The van der Waals surface area contributed by atoms with E-state index in [1.807, 2.05) is 6.07 Å². The van der Waals surface area contributed by atoms with Crippen molar-refractivity contribution in [3.05, 3.63) is 63.7 Å². The van der Waals surface area contributed by atoms with Gasteiger partial charge in [-0.15, -0.1) is 0 Å². The Bertz CT molecular complexity index is 729. The zero-order valence-corrected chi connectivity index (χ0v) is 10.7. The molecule has 0 N–H and O–H groups in total. The first-order valence-electron chi connectivity index (χ1n) is 5.32. The van der Waals surface area contributed by atoms with Crippen LogP contribution < -0.4 is 0 Å². The predicted molar refractivity (Wildman–Crippen MR) is 68.3 cm³/mol. The molecule has 0 bridgehead atoms. The van der Waals surface area contributed by atoms with E-state index in [1.165, 1.54) is 24.3 Å². The lowest BCUT2D eigenvalue weighted by Crippen LogP contribution is -1.92. The van der Waals surface area contributed by atoms with E-state index in [0.29, 0.717) is 6.07 Å². The number of nitro benzene ring substituents is 1. The Hall–Kier alpha value is -2.46. The van der Waals surface area contributed by atoms with Crippen LogP contribution in [-0.2, 0) is 0 Å². The van der Waals surface area contributed by atoms with Gasteiger partial charge in [0.1, 0.15) is 11.6 Å². The zero-order chi connectivity index (χ0) is 14.7. The molecule has 0 aliphatic heterocycles. The molecule has 0 heterocycles. The fraction of sp³-hybridized carbons (Fsp3) is 0. The van der Waals surface area contributed by atoms with Crippen LogP contribution in [0.15, 0.2) is 46.2 Å². The third-order valence-corrected chi connectivity index (χ3v) is 3.50. The smallest absolute Gasteiger partial charge is 0.258 e. The van der Waals surface area contributed by atoms with Crippen molar-refractivity contribution in [1.82, 2.24) is 0 Å². The molecule has 0 fully saturated rings. The number of nitro groups is 1. The largest absolute Gasteiger partial charge is 0.283 e. The van der Waals surface area contributed by atoms with Crippen molar-refractivity contribution < 1.29 is 13.7 Å². The summed E-state index contributed by atoms with van der Waals surface area (Å²) < 4.78 is 26.4. The highest BCUT2D eigenvalue weighted by molar-refractivity contribution is 7.99. The molecule has 0 aliphatic carbocycles. The first kappa shape index (κ1) is 14.0. The predicted octanol–water partition coefficient (Wildman–Crippen LogP) is 3.90. The molecule has 0 radical (unpaired) electrons. The van der Waals surface area contributed by atoms with Crippen LogP contribution in [0.4, 0.5) is 14.5 Å². The van der Waals surface area contributed by atoms with Gasteiger partial charge in [0.15, 0.2) is 0 Å². The topological polar surface area (TPSA) is 66.9 Å². The van der Waals surface area contributed by atoms with Gasteiger partial charge in [0.05, 0.1) is 21.5 Å². The van der Waals surface area contributed by atoms with Crippen molar-refractivity contribution in [2.75, 3.05) is 0 Å². The lowest BCUT2D eigenvalue weighted by molar-refractivity contribution is -0.387. The van der Waals surface area contributed by atoms with E-state index < -0.39 is 16.6 Å². The number of nitrogens with zero attached hydrogens (tertiary/aromatic N) is 2. The molecule has 0 atom stereocenters. The minimum absolute atomic E-state index is 0.0459. The molecular formula is C13H6F2N2O2S. The second-order valence-corrected chi connectivity index (χ2v) is 4.81. The fourth-order valence-electron chi connectivity index (χ4n) is 1.49. The van der Waals surface area contributed by atoms with E-state index in [0.717, 1.165) is 17.8 Å². The first-order valence-corrected chi connectivity index (χ1v) is 6.14. The monoisotopic (exact) mass is 292 g/mol. The number of hydrogen-bond donors (Lipinski definition) is 0. The molecule has 20 heavy (non-hydrogen) atoms. The third-order valence-electron chi connectivity index (χ3n) is 2.40. The maximum atomic E-state index is 13.6. The number of benzene rings is 2. The highest BCUT2D eigenvalue weighted by Gasteiger charge is 2.17. The van der Waals surface area contributed by atoms with Gasteiger partial charge in [0.25, 0.3) is 5.69 Å². The third kappa shape index (κ3) is 2.92. The average molecular weight is 292 g/mol. The normalized spacial score (nSPS) is 10.1. The van der Waals surface area contributed by atoms with Crippen molar-refractivity contribution in [3.63, 3.8) is 0 Å². The summed E-state index contributed by atoms with van der Waals surface area (Å²) in [5.41, 5.74) is -0.0154.